The molecule has 4 N–H and O–H groups in total. The van der Waals surface area contributed by atoms with Gasteiger partial charge in [0.25, 0.3) is 10.0 Å². The van der Waals surface area contributed by atoms with Crippen molar-refractivity contribution < 1.29 is 22.3 Å². The van der Waals surface area contributed by atoms with E-state index in [2.05, 4.69) is 21.1 Å². The largest absolute Gasteiger partial charge is 0.497 e. The number of allylic oxidation sites excluding steroid dienone is 1. The van der Waals surface area contributed by atoms with Crippen LogP contribution in [0.25, 0.3) is 27.7 Å². The second-order valence-electron chi connectivity index (χ2n) is 10.6. The van der Waals surface area contributed by atoms with E-state index in [1.54, 1.807) is 12.3 Å². The molecule has 2 aromatic heterocycles. The standard InChI is InChI=1S/C30H32ClFN6O4S/c1-3-38-29-22(17-4-7-19(8-5-17)35-20-15-42-16-20)14-34-30(33)27(29)28(36-38)18-6-11-25(24(32)12-18)37-43(39,40)26-13-21(41-2)9-10-23(26)31/h4,6,9-14,19-20,35,37H,3,5,7-8,15-16H2,1-2H3,(H2,33,34). The maximum absolute atomic E-state index is 15.5. The highest BCUT2D eigenvalue weighted by Gasteiger charge is 2.27. The minimum Gasteiger partial charge on any atom is -0.497 e. The second kappa shape index (κ2) is 11.8. The quantitative estimate of drug-likeness (QED) is 0.230. The Morgan fingerprint density at radius 3 is 2.67 bits per heavy atom. The van der Waals surface area contributed by atoms with Gasteiger partial charge < -0.3 is 20.5 Å². The van der Waals surface area contributed by atoms with E-state index in [1.165, 1.54) is 43.0 Å². The molecular weight excluding hydrogens is 595 g/mol. The Hall–Kier alpha value is -3.71. The zero-order chi connectivity index (χ0) is 30.3. The summed E-state index contributed by atoms with van der Waals surface area (Å²) in [5.41, 5.74) is 10.0. The van der Waals surface area contributed by atoms with Crippen molar-refractivity contribution in [1.82, 2.24) is 20.1 Å². The number of hydrogen-bond acceptors (Lipinski definition) is 8. The first kappa shape index (κ1) is 29.4. The van der Waals surface area contributed by atoms with Crippen molar-refractivity contribution >= 4 is 49.6 Å². The normalized spacial score (nSPS) is 17.5. The number of hydrogen-bond donors (Lipinski definition) is 3. The van der Waals surface area contributed by atoms with Crippen molar-refractivity contribution in [3.8, 4) is 17.0 Å². The van der Waals surface area contributed by atoms with Gasteiger partial charge in [0.05, 0.1) is 48.0 Å². The maximum Gasteiger partial charge on any atom is 0.263 e. The first-order chi connectivity index (χ1) is 20.7. The van der Waals surface area contributed by atoms with Gasteiger partial charge in [0.2, 0.25) is 0 Å². The number of halogens is 2. The molecule has 1 atom stereocenters. The monoisotopic (exact) mass is 626 g/mol. The first-order valence-electron chi connectivity index (χ1n) is 14.0. The zero-order valence-corrected chi connectivity index (χ0v) is 25.3. The molecule has 0 amide bonds. The number of pyridine rings is 1. The highest BCUT2D eigenvalue weighted by Crippen LogP contribution is 2.39. The Kier molecular flexibility index (Phi) is 8.03. The zero-order valence-electron chi connectivity index (χ0n) is 23.7. The van der Waals surface area contributed by atoms with E-state index in [9.17, 15) is 8.42 Å². The average Bonchev–Trinajstić information content (AvgIpc) is 3.37. The van der Waals surface area contributed by atoms with Crippen LogP contribution >= 0.6 is 11.6 Å². The summed E-state index contributed by atoms with van der Waals surface area (Å²) in [4.78, 5) is 4.26. The summed E-state index contributed by atoms with van der Waals surface area (Å²) in [5.74, 6) is -0.201. The van der Waals surface area contributed by atoms with E-state index in [1.807, 2.05) is 11.6 Å². The molecule has 1 aliphatic carbocycles. The van der Waals surface area contributed by atoms with Crippen molar-refractivity contribution in [2.24, 2.45) is 0 Å². The van der Waals surface area contributed by atoms with Gasteiger partial charge in [-0.1, -0.05) is 23.7 Å². The number of rotatable bonds is 9. The number of nitrogens with two attached hydrogens (primary N) is 1. The summed E-state index contributed by atoms with van der Waals surface area (Å²) in [5, 5.41) is 9.05. The molecule has 3 heterocycles. The van der Waals surface area contributed by atoms with Gasteiger partial charge in [0.1, 0.15) is 28.0 Å². The highest BCUT2D eigenvalue weighted by atomic mass is 35.5. The predicted molar refractivity (Wildman–Crippen MR) is 165 cm³/mol. The smallest absolute Gasteiger partial charge is 0.263 e. The summed E-state index contributed by atoms with van der Waals surface area (Å²) in [6, 6.07) is 9.23. The number of sulfonamides is 1. The molecule has 10 nitrogen and oxygen atoms in total. The van der Waals surface area contributed by atoms with Crippen LogP contribution in [-0.2, 0) is 21.3 Å². The Morgan fingerprint density at radius 2 is 2.02 bits per heavy atom. The number of nitrogens with zero attached hydrogens (tertiary/aromatic N) is 3. The Balaban J connectivity index is 1.33. The minimum absolute atomic E-state index is 0.0199. The van der Waals surface area contributed by atoms with Crippen LogP contribution in [0.1, 0.15) is 31.7 Å². The molecule has 0 radical (unpaired) electrons. The fourth-order valence-electron chi connectivity index (χ4n) is 5.56. The number of benzene rings is 2. The van der Waals surface area contributed by atoms with Gasteiger partial charge in [-0.3, -0.25) is 9.40 Å². The van der Waals surface area contributed by atoms with Crippen LogP contribution in [0.4, 0.5) is 15.9 Å². The van der Waals surface area contributed by atoms with Gasteiger partial charge in [0.15, 0.2) is 0 Å². The number of aryl methyl sites for hydroxylation is 1. The fraction of sp³-hybridized carbons (Fsp3) is 0.333. The van der Waals surface area contributed by atoms with Crippen molar-refractivity contribution in [3.63, 3.8) is 0 Å². The van der Waals surface area contributed by atoms with E-state index in [0.717, 1.165) is 43.6 Å². The van der Waals surface area contributed by atoms with Crippen LogP contribution in [0.2, 0.25) is 5.02 Å². The molecule has 1 fully saturated rings. The Labute approximate surface area is 254 Å². The molecule has 43 heavy (non-hydrogen) atoms. The van der Waals surface area contributed by atoms with Gasteiger partial charge in [-0.25, -0.2) is 17.8 Å². The van der Waals surface area contributed by atoms with Gasteiger partial charge in [0, 0.05) is 36.0 Å². The van der Waals surface area contributed by atoms with Crippen molar-refractivity contribution in [3.05, 3.63) is 65.1 Å². The molecule has 0 bridgehead atoms. The molecule has 13 heteroatoms. The van der Waals surface area contributed by atoms with Crippen molar-refractivity contribution in [1.29, 1.82) is 0 Å². The van der Waals surface area contributed by atoms with E-state index in [-0.39, 0.29) is 21.4 Å². The fourth-order valence-corrected chi connectivity index (χ4v) is 7.14. The summed E-state index contributed by atoms with van der Waals surface area (Å²) >= 11 is 6.13. The number of ether oxygens (including phenoxy) is 2. The molecule has 2 aliphatic rings. The van der Waals surface area contributed by atoms with Gasteiger partial charge in [-0.05, 0) is 56.0 Å². The lowest BCUT2D eigenvalue weighted by Gasteiger charge is -2.33. The number of methoxy groups -OCH3 is 1. The maximum atomic E-state index is 15.5. The summed E-state index contributed by atoms with van der Waals surface area (Å²) < 4.78 is 56.1. The number of nitrogen functional groups attached to an aromatic ring is 1. The molecule has 4 aromatic rings. The molecule has 0 saturated carbocycles. The van der Waals surface area contributed by atoms with Crippen LogP contribution in [0, 0.1) is 5.82 Å². The number of aromatic nitrogens is 3. The molecule has 6 rings (SSSR count). The van der Waals surface area contributed by atoms with Crippen LogP contribution in [0.3, 0.4) is 0 Å². The highest BCUT2D eigenvalue weighted by molar-refractivity contribution is 7.92. The van der Waals surface area contributed by atoms with E-state index >= 15 is 4.39 Å². The van der Waals surface area contributed by atoms with Crippen LogP contribution in [0.15, 0.2) is 53.6 Å². The Bertz CT molecular complexity index is 1840. The van der Waals surface area contributed by atoms with Crippen LogP contribution in [-0.4, -0.2) is 55.6 Å². The SMILES string of the molecule is CCn1nc(-c2ccc(NS(=O)(=O)c3cc(OC)ccc3Cl)c(F)c2)c2c(N)ncc(C3=CCC(NC4COC4)CC3)c21. The van der Waals surface area contributed by atoms with Crippen LogP contribution in [0.5, 0.6) is 5.75 Å². The van der Waals surface area contributed by atoms with E-state index in [0.29, 0.717) is 41.0 Å². The summed E-state index contributed by atoms with van der Waals surface area (Å²) in [7, 11) is -2.80. The topological polar surface area (TPSA) is 133 Å². The van der Waals surface area contributed by atoms with Gasteiger partial charge in [-0.15, -0.1) is 0 Å². The lowest BCUT2D eigenvalue weighted by molar-refractivity contribution is -0.0103. The average molecular weight is 627 g/mol. The second-order valence-corrected chi connectivity index (χ2v) is 12.7. The first-order valence-corrected chi connectivity index (χ1v) is 15.9. The molecule has 1 saturated heterocycles. The minimum atomic E-state index is -4.21. The third-order valence-electron chi connectivity index (χ3n) is 7.88. The third-order valence-corrected chi connectivity index (χ3v) is 9.72. The molecule has 0 spiro atoms. The lowest BCUT2D eigenvalue weighted by atomic mass is 9.89. The van der Waals surface area contributed by atoms with Crippen LogP contribution < -0.4 is 20.5 Å². The van der Waals surface area contributed by atoms with E-state index in [4.69, 9.17) is 31.9 Å². The van der Waals surface area contributed by atoms with Gasteiger partial charge >= 0.3 is 0 Å². The third kappa shape index (κ3) is 5.67. The lowest BCUT2D eigenvalue weighted by Crippen LogP contribution is -2.50. The molecular formula is C30H32ClFN6O4S. The van der Waals surface area contributed by atoms with Gasteiger partial charge in [-0.2, -0.15) is 5.10 Å². The number of anilines is 2. The van der Waals surface area contributed by atoms with E-state index < -0.39 is 15.8 Å². The molecule has 1 aliphatic heterocycles. The molecule has 226 valence electrons. The van der Waals surface area contributed by atoms with Crippen molar-refractivity contribution in [2.45, 2.75) is 49.7 Å². The molecule has 1 unspecified atom stereocenters. The summed E-state index contributed by atoms with van der Waals surface area (Å²) in [6.45, 7) is 4.07. The molecule has 2 aromatic carbocycles. The summed E-state index contributed by atoms with van der Waals surface area (Å²) in [6.07, 6.45) is 6.79. The predicted octanol–water partition coefficient (Wildman–Crippen LogP) is 5.23. The number of nitrogens with one attached hydrogen (secondary N) is 2. The Morgan fingerprint density at radius 1 is 1.21 bits per heavy atom. The van der Waals surface area contributed by atoms with Crippen molar-refractivity contribution in [2.75, 3.05) is 30.8 Å². The number of fused-ring (bicyclic) bond motifs is 1.